The van der Waals surface area contributed by atoms with Gasteiger partial charge in [0.05, 0.1) is 0 Å². The van der Waals surface area contributed by atoms with Crippen LogP contribution in [0.4, 0.5) is 10.5 Å². The van der Waals surface area contributed by atoms with Crippen LogP contribution in [0.2, 0.25) is 0 Å². The van der Waals surface area contributed by atoms with Gasteiger partial charge in [0.1, 0.15) is 5.75 Å². The summed E-state index contributed by atoms with van der Waals surface area (Å²) < 4.78 is 0. The van der Waals surface area contributed by atoms with E-state index in [9.17, 15) is 24.3 Å². The molecule has 1 fully saturated rings. The number of carbonyl (C=O) groups excluding carboxylic acids is 4. The number of carbonyl (C=O) groups is 4. The van der Waals surface area contributed by atoms with Crippen LogP contribution in [0.25, 0.3) is 0 Å². The number of fused-ring (bicyclic) bond motifs is 1. The lowest BCUT2D eigenvalue weighted by molar-refractivity contribution is -0.137. The third-order valence-corrected chi connectivity index (χ3v) is 5.46. The van der Waals surface area contributed by atoms with E-state index in [4.69, 9.17) is 0 Å². The molecule has 9 nitrogen and oxygen atoms in total. The molecule has 0 aromatic heterocycles. The highest BCUT2D eigenvalue weighted by Gasteiger charge is 2.41. The third-order valence-electron chi connectivity index (χ3n) is 5.46. The van der Waals surface area contributed by atoms with E-state index in [1.165, 1.54) is 11.0 Å². The quantitative estimate of drug-likeness (QED) is 0.555. The molecule has 0 saturated carbocycles. The molecule has 1 unspecified atom stereocenters. The number of benzene rings is 2. The van der Waals surface area contributed by atoms with Crippen molar-refractivity contribution in [2.24, 2.45) is 0 Å². The van der Waals surface area contributed by atoms with Crippen molar-refractivity contribution >= 4 is 29.3 Å². The van der Waals surface area contributed by atoms with Gasteiger partial charge in [0.15, 0.2) is 11.8 Å². The Morgan fingerprint density at radius 2 is 2.00 bits per heavy atom. The van der Waals surface area contributed by atoms with E-state index in [1.807, 2.05) is 0 Å². The summed E-state index contributed by atoms with van der Waals surface area (Å²) in [4.78, 5) is 50.5. The number of aryl methyl sites for hydroxylation is 1. The number of ketones is 1. The molecule has 0 aliphatic carbocycles. The molecule has 2 aromatic rings. The van der Waals surface area contributed by atoms with E-state index in [2.05, 4.69) is 16.0 Å². The van der Waals surface area contributed by atoms with Crippen molar-refractivity contribution in [3.05, 3.63) is 58.7 Å². The zero-order valence-electron chi connectivity index (χ0n) is 16.9. The summed E-state index contributed by atoms with van der Waals surface area (Å²) in [7, 11) is 0. The minimum Gasteiger partial charge on any atom is -0.508 e. The average molecular weight is 422 g/mol. The van der Waals surface area contributed by atoms with Crippen LogP contribution in [0.15, 0.2) is 36.4 Å². The number of hydrogen-bond acceptors (Lipinski definition) is 5. The maximum atomic E-state index is 12.7. The van der Waals surface area contributed by atoms with Gasteiger partial charge in [0, 0.05) is 43.4 Å². The molecule has 1 atom stereocenters. The van der Waals surface area contributed by atoms with Crippen molar-refractivity contribution < 1.29 is 24.3 Å². The first kappa shape index (κ1) is 20.4. The van der Waals surface area contributed by atoms with Crippen molar-refractivity contribution in [1.82, 2.24) is 15.5 Å². The molecule has 2 aliphatic heterocycles. The van der Waals surface area contributed by atoms with E-state index < -0.39 is 18.0 Å². The Kier molecular flexibility index (Phi) is 5.33. The van der Waals surface area contributed by atoms with Crippen LogP contribution in [0, 0.1) is 6.92 Å². The monoisotopic (exact) mass is 422 g/mol. The smallest absolute Gasteiger partial charge is 0.319 e. The van der Waals surface area contributed by atoms with Crippen molar-refractivity contribution in [3.63, 3.8) is 0 Å². The fourth-order valence-electron chi connectivity index (χ4n) is 3.76. The zero-order chi connectivity index (χ0) is 22.1. The molecule has 0 spiro atoms. The second-order valence-corrected chi connectivity index (χ2v) is 7.64. The Bertz CT molecular complexity index is 1080. The lowest BCUT2D eigenvalue weighted by Crippen LogP contribution is -2.55. The summed E-state index contributed by atoms with van der Waals surface area (Å²) in [5.74, 6) is -0.957. The molecule has 0 bridgehead atoms. The highest BCUT2D eigenvalue weighted by atomic mass is 16.3. The van der Waals surface area contributed by atoms with Crippen LogP contribution in [0.1, 0.15) is 33.5 Å². The topological polar surface area (TPSA) is 128 Å². The van der Waals surface area contributed by atoms with Gasteiger partial charge >= 0.3 is 6.03 Å². The molecule has 4 rings (SSSR count). The van der Waals surface area contributed by atoms with Crippen LogP contribution in [0.5, 0.6) is 5.75 Å². The van der Waals surface area contributed by atoms with Gasteiger partial charge in [-0.05, 0) is 35.7 Å². The van der Waals surface area contributed by atoms with E-state index in [0.29, 0.717) is 28.9 Å². The van der Waals surface area contributed by atoms with Crippen LogP contribution in [-0.2, 0) is 22.7 Å². The Hall–Kier alpha value is -3.88. The first-order chi connectivity index (χ1) is 14.8. The lowest BCUT2D eigenvalue weighted by Gasteiger charge is -2.28. The molecular formula is C22H22N4O5. The van der Waals surface area contributed by atoms with Crippen LogP contribution in [-0.4, -0.2) is 46.2 Å². The molecule has 4 amide bonds. The van der Waals surface area contributed by atoms with Crippen LogP contribution >= 0.6 is 0 Å². The van der Waals surface area contributed by atoms with Gasteiger partial charge in [0.25, 0.3) is 11.8 Å². The minimum atomic E-state index is -1.09. The third kappa shape index (κ3) is 4.07. The predicted octanol–water partition coefficient (Wildman–Crippen LogP) is 1.44. The normalized spacial score (nSPS) is 17.9. The van der Waals surface area contributed by atoms with Gasteiger partial charge in [-0.25, -0.2) is 4.79 Å². The highest BCUT2D eigenvalue weighted by Crippen LogP contribution is 2.27. The summed E-state index contributed by atoms with van der Waals surface area (Å²) >= 11 is 0. The Morgan fingerprint density at radius 1 is 1.19 bits per heavy atom. The number of phenols is 1. The number of urea groups is 1. The number of anilines is 1. The van der Waals surface area contributed by atoms with Crippen LogP contribution < -0.4 is 16.0 Å². The summed E-state index contributed by atoms with van der Waals surface area (Å²) in [6, 6.07) is 8.48. The van der Waals surface area contributed by atoms with Crippen LogP contribution in [0.3, 0.4) is 0 Å². The van der Waals surface area contributed by atoms with Crippen molar-refractivity contribution in [2.75, 3.05) is 11.9 Å². The minimum absolute atomic E-state index is 0.0933. The predicted molar refractivity (Wildman–Crippen MR) is 111 cm³/mol. The molecule has 4 N–H and O–H groups in total. The molecule has 9 heteroatoms. The van der Waals surface area contributed by atoms with Crippen molar-refractivity contribution in [2.45, 2.75) is 32.5 Å². The number of nitrogens with one attached hydrogen (secondary N) is 3. The first-order valence-corrected chi connectivity index (χ1v) is 9.91. The molecule has 31 heavy (non-hydrogen) atoms. The van der Waals surface area contributed by atoms with E-state index in [0.717, 1.165) is 5.56 Å². The molecule has 1 saturated heterocycles. The Morgan fingerprint density at radius 3 is 2.74 bits per heavy atom. The largest absolute Gasteiger partial charge is 0.508 e. The summed E-state index contributed by atoms with van der Waals surface area (Å²) in [5, 5.41) is 17.7. The Balaban J connectivity index is 1.40. The average Bonchev–Trinajstić information content (AvgIpc) is 3.05. The SMILES string of the molecule is Cc1ccc(NC(=O)NCc2ccc3c(c2)CN(C2C(=O)CCNC2=O)C3=O)cc1O. The number of amides is 4. The zero-order valence-corrected chi connectivity index (χ0v) is 16.9. The second-order valence-electron chi connectivity index (χ2n) is 7.64. The number of nitrogens with zero attached hydrogens (tertiary/aromatic N) is 1. The fraction of sp³-hybridized carbons (Fsp3) is 0.273. The van der Waals surface area contributed by atoms with E-state index >= 15 is 0 Å². The number of Topliss-reactive ketones (excluding diaryl/α,β-unsaturated/α-hetero) is 1. The van der Waals surface area contributed by atoms with E-state index in [-0.39, 0.29) is 37.0 Å². The van der Waals surface area contributed by atoms with Gasteiger partial charge in [0.2, 0.25) is 0 Å². The number of rotatable bonds is 4. The summed E-state index contributed by atoms with van der Waals surface area (Å²) in [6.07, 6.45) is 0.208. The van der Waals surface area contributed by atoms with Crippen molar-refractivity contribution in [1.29, 1.82) is 0 Å². The fourth-order valence-corrected chi connectivity index (χ4v) is 3.76. The molecular weight excluding hydrogens is 400 g/mol. The van der Waals surface area contributed by atoms with Gasteiger partial charge in [-0.15, -0.1) is 0 Å². The number of phenolic OH excluding ortho intramolecular Hbond substituents is 1. The number of hydrogen-bond donors (Lipinski definition) is 4. The summed E-state index contributed by atoms with van der Waals surface area (Å²) in [5.41, 5.74) is 3.11. The molecule has 2 aromatic carbocycles. The molecule has 0 radical (unpaired) electrons. The highest BCUT2D eigenvalue weighted by molar-refractivity contribution is 6.12. The molecule has 160 valence electrons. The maximum Gasteiger partial charge on any atom is 0.319 e. The summed E-state index contributed by atoms with van der Waals surface area (Å²) in [6.45, 7) is 2.44. The van der Waals surface area contributed by atoms with Gasteiger partial charge in [-0.1, -0.05) is 18.2 Å². The molecule has 2 aliphatic rings. The van der Waals surface area contributed by atoms with Gasteiger partial charge in [-0.3, -0.25) is 14.4 Å². The second kappa shape index (κ2) is 8.10. The standard InChI is InChI=1S/C22H22N4O5/c1-12-2-4-15(9-18(12)28)25-22(31)24-10-13-3-5-16-14(8-13)11-26(21(16)30)19-17(27)6-7-23-20(19)29/h2-5,8-9,19,28H,6-7,10-11H2,1H3,(H,23,29)(H2,24,25,31). The maximum absolute atomic E-state index is 12.7. The van der Waals surface area contributed by atoms with E-state index in [1.54, 1.807) is 37.3 Å². The number of aromatic hydroxyl groups is 1. The first-order valence-electron chi connectivity index (χ1n) is 9.91. The van der Waals surface area contributed by atoms with Crippen molar-refractivity contribution in [3.8, 4) is 5.75 Å². The number of piperidine rings is 1. The van der Waals surface area contributed by atoms with Gasteiger partial charge in [-0.2, -0.15) is 0 Å². The molecule has 2 heterocycles. The van der Waals surface area contributed by atoms with Gasteiger partial charge < -0.3 is 26.0 Å². The lowest BCUT2D eigenvalue weighted by atomic mass is 10.0. The Labute approximate surface area is 178 Å².